The Morgan fingerprint density at radius 1 is 1.05 bits per heavy atom. The molecule has 2 amide bonds. The first-order valence-corrected chi connectivity index (χ1v) is 13.6. The maximum atomic E-state index is 13.8. The number of amides is 2. The highest BCUT2D eigenvalue weighted by Crippen LogP contribution is 2.61. The van der Waals surface area contributed by atoms with E-state index < -0.39 is 62.6 Å². The quantitative estimate of drug-likeness (QED) is 0.256. The molecule has 0 saturated carbocycles. The second-order valence-corrected chi connectivity index (χ2v) is 13.7. The number of carbonyl (C=O) groups is 4. The molecule has 1 aromatic carbocycles. The van der Waals surface area contributed by atoms with Crippen molar-refractivity contribution >= 4 is 39.7 Å². The summed E-state index contributed by atoms with van der Waals surface area (Å²) in [5.74, 6) is -3.85. The number of rotatable bonds is 9. The molecular weight excluding hydrogens is 574 g/mol. The Kier molecular flexibility index (Phi) is 7.50. The fraction of sp³-hybridized carbons (Fsp3) is 0.571. The minimum absolute atomic E-state index is 0.159. The van der Waals surface area contributed by atoms with Gasteiger partial charge in [-0.05, 0) is 59.8 Å². The lowest BCUT2D eigenvalue weighted by Gasteiger charge is -2.35. The summed E-state index contributed by atoms with van der Waals surface area (Å²) in [7, 11) is 0. The first kappa shape index (κ1) is 29.2. The summed E-state index contributed by atoms with van der Waals surface area (Å²) < 4.78 is 22.5. The summed E-state index contributed by atoms with van der Waals surface area (Å²) in [6.45, 7) is 9.04. The number of benzene rings is 1. The number of aliphatic hydroxyl groups is 1. The fourth-order valence-corrected chi connectivity index (χ4v) is 5.32. The van der Waals surface area contributed by atoms with E-state index in [-0.39, 0.29) is 25.5 Å². The van der Waals surface area contributed by atoms with E-state index in [9.17, 15) is 24.3 Å². The van der Waals surface area contributed by atoms with Crippen LogP contribution in [0, 0.1) is 17.3 Å². The van der Waals surface area contributed by atoms with Gasteiger partial charge >= 0.3 is 11.9 Å². The zero-order valence-corrected chi connectivity index (χ0v) is 24.4. The molecule has 2 saturated heterocycles. The Labute approximate surface area is 235 Å². The lowest BCUT2D eigenvalue weighted by molar-refractivity contribution is -0.175. The van der Waals surface area contributed by atoms with Gasteiger partial charge in [0.1, 0.15) is 34.6 Å². The molecule has 11 heteroatoms. The number of hydrogen-bond acceptors (Lipinski definition) is 9. The van der Waals surface area contributed by atoms with Crippen LogP contribution in [0.4, 0.5) is 0 Å². The van der Waals surface area contributed by atoms with Crippen LogP contribution in [0.1, 0.15) is 41.5 Å². The normalized spacial score (nSPS) is 28.7. The third-order valence-electron chi connectivity index (χ3n) is 7.17. The van der Waals surface area contributed by atoms with Crippen LogP contribution in [-0.2, 0) is 33.4 Å². The van der Waals surface area contributed by atoms with Crippen molar-refractivity contribution in [3.63, 3.8) is 0 Å². The maximum absolute atomic E-state index is 13.8. The number of ether oxygens (including phenoxy) is 4. The molecule has 1 unspecified atom stereocenters. The molecule has 0 aromatic heterocycles. The zero-order valence-electron chi connectivity index (χ0n) is 22.9. The summed E-state index contributed by atoms with van der Waals surface area (Å²) >= 11 is 3.22. The van der Waals surface area contributed by atoms with Gasteiger partial charge in [-0.3, -0.25) is 24.1 Å². The van der Waals surface area contributed by atoms with Gasteiger partial charge < -0.3 is 24.1 Å². The highest BCUT2D eigenvalue weighted by Gasteiger charge is 2.78. The van der Waals surface area contributed by atoms with Crippen LogP contribution >= 0.6 is 15.9 Å². The van der Waals surface area contributed by atoms with E-state index in [0.717, 1.165) is 4.90 Å². The van der Waals surface area contributed by atoms with E-state index in [0.29, 0.717) is 5.75 Å². The summed E-state index contributed by atoms with van der Waals surface area (Å²) in [6, 6.07) is 8.77. The van der Waals surface area contributed by atoms with Crippen molar-refractivity contribution in [3.8, 4) is 5.75 Å². The number of aliphatic hydroxyl groups excluding tert-OH is 1. The molecule has 0 aliphatic carbocycles. The molecule has 3 aliphatic rings. The Morgan fingerprint density at radius 3 is 2.23 bits per heavy atom. The lowest BCUT2D eigenvalue weighted by Crippen LogP contribution is -2.52. The number of para-hydroxylation sites is 1. The van der Waals surface area contributed by atoms with E-state index in [1.165, 1.54) is 6.92 Å². The second kappa shape index (κ2) is 10.0. The van der Waals surface area contributed by atoms with Crippen LogP contribution in [0.3, 0.4) is 0 Å². The Hall–Kier alpha value is -2.76. The summed E-state index contributed by atoms with van der Waals surface area (Å²) in [4.78, 5) is 53.4. The Balaban J connectivity index is 1.69. The van der Waals surface area contributed by atoms with Gasteiger partial charge in [0.2, 0.25) is 11.8 Å². The third-order valence-corrected chi connectivity index (χ3v) is 7.50. The highest BCUT2D eigenvalue weighted by atomic mass is 79.9. The summed E-state index contributed by atoms with van der Waals surface area (Å²) in [5, 5.41) is 11.1. The number of halogens is 1. The standard InChI is InChI=1S/C28H34BrNO9/c1-16(31)28-18(38-17-10-8-7-9-11-17)14-27(39-28,15-37-23(34)25(2,3)4)19-20(28)22(33)30(21(19)32)12-13-36-24(35)26(5,6)29/h7-11,14,16,19-20,31H,12-13,15H2,1-6H3/t16?,19-,20+,27-,28-/m0/s1. The second-order valence-electron chi connectivity index (χ2n) is 11.7. The molecule has 2 bridgehead atoms. The van der Waals surface area contributed by atoms with Crippen molar-refractivity contribution in [3.05, 3.63) is 42.2 Å². The third kappa shape index (κ3) is 5.00. The maximum Gasteiger partial charge on any atom is 0.322 e. The first-order chi connectivity index (χ1) is 18.0. The SMILES string of the molecule is CC(O)[C@]12O[C@](COC(=O)C(C)(C)C)(C=C1Oc1ccccc1)[C@@H]1C(=O)N(CCOC(=O)C(C)(C)Br)C(=O)[C@@H]12. The molecule has 1 aromatic rings. The number of carbonyl (C=O) groups excluding carboxylic acids is 4. The minimum atomic E-state index is -1.70. The number of esters is 2. The predicted octanol–water partition coefficient (Wildman–Crippen LogP) is 2.76. The largest absolute Gasteiger partial charge is 0.463 e. The minimum Gasteiger partial charge on any atom is -0.463 e. The van der Waals surface area contributed by atoms with Crippen molar-refractivity contribution in [2.75, 3.05) is 19.8 Å². The molecular formula is C28H34BrNO9. The lowest BCUT2D eigenvalue weighted by atomic mass is 9.69. The number of nitrogens with zero attached hydrogens (tertiary/aromatic N) is 1. The Bertz CT molecular complexity index is 1200. The number of alkyl halides is 1. The molecule has 0 spiro atoms. The van der Waals surface area contributed by atoms with Crippen molar-refractivity contribution in [1.82, 2.24) is 4.90 Å². The Morgan fingerprint density at radius 2 is 1.67 bits per heavy atom. The van der Waals surface area contributed by atoms with E-state index in [1.807, 2.05) is 6.07 Å². The summed E-state index contributed by atoms with van der Waals surface area (Å²) in [5.41, 5.74) is -4.08. The average molecular weight is 608 g/mol. The fourth-order valence-electron chi connectivity index (χ4n) is 5.20. The molecule has 212 valence electrons. The number of likely N-dealkylation sites (tertiary alicyclic amines) is 1. The van der Waals surface area contributed by atoms with Crippen LogP contribution in [0.25, 0.3) is 0 Å². The van der Waals surface area contributed by atoms with Gasteiger partial charge in [0.05, 0.1) is 29.9 Å². The molecule has 39 heavy (non-hydrogen) atoms. The van der Waals surface area contributed by atoms with Crippen molar-refractivity contribution in [2.24, 2.45) is 17.3 Å². The number of fused-ring (bicyclic) bond motifs is 5. The van der Waals surface area contributed by atoms with Gasteiger partial charge in [0.25, 0.3) is 0 Å². The predicted molar refractivity (Wildman–Crippen MR) is 141 cm³/mol. The molecule has 10 nitrogen and oxygen atoms in total. The van der Waals surface area contributed by atoms with Gasteiger partial charge in [-0.1, -0.05) is 34.1 Å². The van der Waals surface area contributed by atoms with Gasteiger partial charge in [-0.25, -0.2) is 0 Å². The molecule has 1 N–H and O–H groups in total. The van der Waals surface area contributed by atoms with Crippen molar-refractivity contribution in [2.45, 2.75) is 63.2 Å². The highest BCUT2D eigenvalue weighted by molar-refractivity contribution is 9.10. The van der Waals surface area contributed by atoms with Crippen LogP contribution in [-0.4, -0.2) is 75.1 Å². The zero-order chi connectivity index (χ0) is 29.0. The monoisotopic (exact) mass is 607 g/mol. The van der Waals surface area contributed by atoms with Crippen molar-refractivity contribution < 1.29 is 43.2 Å². The molecule has 3 aliphatic heterocycles. The smallest absolute Gasteiger partial charge is 0.322 e. The van der Waals surface area contributed by atoms with Crippen LogP contribution in [0.2, 0.25) is 0 Å². The van der Waals surface area contributed by atoms with Crippen LogP contribution < -0.4 is 4.74 Å². The van der Waals surface area contributed by atoms with Gasteiger partial charge in [0.15, 0.2) is 5.60 Å². The average Bonchev–Trinajstić information content (AvgIpc) is 3.42. The summed E-state index contributed by atoms with van der Waals surface area (Å²) in [6.07, 6.45) is 0.276. The van der Waals surface area contributed by atoms with Crippen LogP contribution in [0.5, 0.6) is 5.75 Å². The van der Waals surface area contributed by atoms with E-state index in [4.69, 9.17) is 18.9 Å². The van der Waals surface area contributed by atoms with Gasteiger partial charge in [-0.2, -0.15) is 0 Å². The van der Waals surface area contributed by atoms with Crippen molar-refractivity contribution in [1.29, 1.82) is 0 Å². The van der Waals surface area contributed by atoms with E-state index in [2.05, 4.69) is 15.9 Å². The molecule has 0 radical (unpaired) electrons. The number of hydrogen-bond donors (Lipinski definition) is 1. The van der Waals surface area contributed by atoms with Gasteiger partial charge in [0, 0.05) is 0 Å². The van der Waals surface area contributed by atoms with Crippen LogP contribution in [0.15, 0.2) is 42.2 Å². The van der Waals surface area contributed by atoms with E-state index >= 15 is 0 Å². The van der Waals surface area contributed by atoms with E-state index in [1.54, 1.807) is 65.0 Å². The first-order valence-electron chi connectivity index (χ1n) is 12.8. The topological polar surface area (TPSA) is 129 Å². The molecule has 2 fully saturated rings. The van der Waals surface area contributed by atoms with Gasteiger partial charge in [-0.15, -0.1) is 0 Å². The molecule has 5 atom stereocenters. The number of imide groups is 1. The molecule has 3 heterocycles. The molecule has 4 rings (SSSR count).